The van der Waals surface area contributed by atoms with Crippen molar-refractivity contribution >= 4 is 15.9 Å². The highest BCUT2D eigenvalue weighted by Crippen LogP contribution is 2.32. The van der Waals surface area contributed by atoms with Gasteiger partial charge in [-0.25, -0.2) is 0 Å². The van der Waals surface area contributed by atoms with E-state index in [1.807, 2.05) is 0 Å². The average molecular weight is 232 g/mol. The fraction of sp³-hybridized carbons (Fsp3) is 0.250. The summed E-state index contributed by atoms with van der Waals surface area (Å²) in [4.78, 5) is 0. The molecule has 66 valence electrons. The standard InChI is InChI=1S/C8H10BrNO2/c9-6-3-5(1-2-10)8(12)7(11)4-6/h3-4,11-12H,1-2,10H2. The van der Waals surface area contributed by atoms with Crippen molar-refractivity contribution in [1.82, 2.24) is 0 Å². The van der Waals surface area contributed by atoms with Crippen molar-refractivity contribution in [2.45, 2.75) is 6.42 Å². The summed E-state index contributed by atoms with van der Waals surface area (Å²) < 4.78 is 0.737. The third kappa shape index (κ3) is 1.89. The Hall–Kier alpha value is -0.740. The van der Waals surface area contributed by atoms with Crippen molar-refractivity contribution in [3.05, 3.63) is 22.2 Å². The summed E-state index contributed by atoms with van der Waals surface area (Å²) in [5.41, 5.74) is 5.98. The Morgan fingerprint density at radius 2 is 2.00 bits per heavy atom. The Bertz CT molecular complexity index is 289. The number of phenols is 2. The van der Waals surface area contributed by atoms with Gasteiger partial charge in [0.1, 0.15) is 0 Å². The molecule has 0 aliphatic carbocycles. The van der Waals surface area contributed by atoms with Gasteiger partial charge in [-0.2, -0.15) is 0 Å². The lowest BCUT2D eigenvalue weighted by Crippen LogP contribution is -2.02. The molecule has 4 N–H and O–H groups in total. The fourth-order valence-corrected chi connectivity index (χ4v) is 1.48. The summed E-state index contributed by atoms with van der Waals surface area (Å²) in [7, 11) is 0. The van der Waals surface area contributed by atoms with Gasteiger partial charge in [-0.05, 0) is 25.1 Å². The van der Waals surface area contributed by atoms with E-state index >= 15 is 0 Å². The van der Waals surface area contributed by atoms with E-state index in [0.717, 1.165) is 4.47 Å². The molecule has 4 heteroatoms. The number of rotatable bonds is 2. The maximum Gasteiger partial charge on any atom is 0.160 e. The van der Waals surface area contributed by atoms with Gasteiger partial charge in [0.05, 0.1) is 0 Å². The number of hydrogen-bond donors (Lipinski definition) is 3. The first-order valence-corrected chi connectivity index (χ1v) is 4.35. The molecule has 0 radical (unpaired) electrons. The molecular formula is C8H10BrNO2. The predicted octanol–water partition coefficient (Wildman–Crippen LogP) is 1.36. The van der Waals surface area contributed by atoms with Crippen LogP contribution in [0.2, 0.25) is 0 Å². The minimum Gasteiger partial charge on any atom is -0.504 e. The van der Waals surface area contributed by atoms with Gasteiger partial charge in [-0.1, -0.05) is 15.9 Å². The summed E-state index contributed by atoms with van der Waals surface area (Å²) in [5.74, 6) is -0.198. The Morgan fingerprint density at radius 3 is 2.58 bits per heavy atom. The summed E-state index contributed by atoms with van der Waals surface area (Å²) >= 11 is 3.21. The zero-order chi connectivity index (χ0) is 9.14. The third-order valence-electron chi connectivity index (χ3n) is 1.55. The van der Waals surface area contributed by atoms with Crippen molar-refractivity contribution in [2.75, 3.05) is 6.54 Å². The topological polar surface area (TPSA) is 66.5 Å². The molecule has 0 aliphatic heterocycles. The maximum atomic E-state index is 9.33. The first kappa shape index (κ1) is 9.35. The van der Waals surface area contributed by atoms with E-state index in [2.05, 4.69) is 15.9 Å². The van der Waals surface area contributed by atoms with Gasteiger partial charge in [0.25, 0.3) is 0 Å². The van der Waals surface area contributed by atoms with Gasteiger partial charge < -0.3 is 15.9 Å². The van der Waals surface area contributed by atoms with Crippen LogP contribution in [-0.4, -0.2) is 16.8 Å². The lowest BCUT2D eigenvalue weighted by molar-refractivity contribution is 0.399. The number of nitrogens with two attached hydrogens (primary N) is 1. The highest BCUT2D eigenvalue weighted by atomic mass is 79.9. The number of hydrogen-bond acceptors (Lipinski definition) is 3. The number of aromatic hydroxyl groups is 2. The SMILES string of the molecule is NCCc1cc(Br)cc(O)c1O. The molecular weight excluding hydrogens is 222 g/mol. The van der Waals surface area contributed by atoms with Crippen molar-refractivity contribution in [1.29, 1.82) is 0 Å². The van der Waals surface area contributed by atoms with E-state index in [-0.39, 0.29) is 11.5 Å². The molecule has 1 rings (SSSR count). The van der Waals surface area contributed by atoms with Crippen LogP contribution in [-0.2, 0) is 6.42 Å². The van der Waals surface area contributed by atoms with Gasteiger partial charge in [0, 0.05) is 10.0 Å². The van der Waals surface area contributed by atoms with Crippen LogP contribution >= 0.6 is 15.9 Å². The molecule has 0 unspecified atom stereocenters. The maximum absolute atomic E-state index is 9.33. The Labute approximate surface area is 79.0 Å². The molecule has 1 aromatic carbocycles. The van der Waals surface area contributed by atoms with Crippen LogP contribution in [0.25, 0.3) is 0 Å². The van der Waals surface area contributed by atoms with Crippen LogP contribution in [0.5, 0.6) is 11.5 Å². The molecule has 0 saturated heterocycles. The molecule has 0 saturated carbocycles. The van der Waals surface area contributed by atoms with E-state index in [0.29, 0.717) is 18.5 Å². The zero-order valence-electron chi connectivity index (χ0n) is 6.42. The molecule has 0 spiro atoms. The van der Waals surface area contributed by atoms with Crippen molar-refractivity contribution in [3.8, 4) is 11.5 Å². The Morgan fingerprint density at radius 1 is 1.33 bits per heavy atom. The summed E-state index contributed by atoms with van der Waals surface area (Å²) in [6.45, 7) is 0.448. The Balaban J connectivity index is 3.09. The lowest BCUT2D eigenvalue weighted by Gasteiger charge is -2.05. The largest absolute Gasteiger partial charge is 0.504 e. The third-order valence-corrected chi connectivity index (χ3v) is 2.01. The predicted molar refractivity (Wildman–Crippen MR) is 50.2 cm³/mol. The number of phenolic OH excluding ortho intramolecular Hbond substituents is 2. The number of halogens is 1. The summed E-state index contributed by atoms with van der Waals surface area (Å²) in [6.07, 6.45) is 0.554. The van der Waals surface area contributed by atoms with E-state index in [1.165, 1.54) is 6.07 Å². The van der Waals surface area contributed by atoms with E-state index in [1.54, 1.807) is 6.07 Å². The van der Waals surface area contributed by atoms with Gasteiger partial charge in [-0.15, -0.1) is 0 Å². The normalized spacial score (nSPS) is 10.2. The van der Waals surface area contributed by atoms with Crippen molar-refractivity contribution < 1.29 is 10.2 Å². The Kier molecular flexibility index (Phi) is 2.94. The second kappa shape index (κ2) is 3.78. The molecule has 0 aliphatic rings. The lowest BCUT2D eigenvalue weighted by atomic mass is 10.1. The van der Waals surface area contributed by atoms with Crippen LogP contribution < -0.4 is 5.73 Å². The average Bonchev–Trinajstić information content (AvgIpc) is 2.00. The van der Waals surface area contributed by atoms with E-state index < -0.39 is 0 Å². The monoisotopic (exact) mass is 231 g/mol. The van der Waals surface area contributed by atoms with Crippen LogP contribution in [0.15, 0.2) is 16.6 Å². The first-order chi connectivity index (χ1) is 5.65. The number of benzene rings is 1. The summed E-state index contributed by atoms with van der Waals surface area (Å²) in [6, 6.07) is 3.18. The second-order valence-electron chi connectivity index (χ2n) is 2.47. The van der Waals surface area contributed by atoms with Gasteiger partial charge in [0.2, 0.25) is 0 Å². The van der Waals surface area contributed by atoms with Crippen LogP contribution in [0.4, 0.5) is 0 Å². The molecule has 12 heavy (non-hydrogen) atoms. The van der Waals surface area contributed by atoms with Crippen molar-refractivity contribution in [3.63, 3.8) is 0 Å². The second-order valence-corrected chi connectivity index (χ2v) is 3.39. The molecule has 0 bridgehead atoms. The minimum atomic E-state index is -0.118. The van der Waals surface area contributed by atoms with Crippen LogP contribution in [0.3, 0.4) is 0 Å². The smallest absolute Gasteiger partial charge is 0.160 e. The highest BCUT2D eigenvalue weighted by Gasteiger charge is 2.06. The molecule has 3 nitrogen and oxygen atoms in total. The molecule has 0 atom stereocenters. The van der Waals surface area contributed by atoms with Crippen molar-refractivity contribution in [2.24, 2.45) is 5.73 Å². The van der Waals surface area contributed by atoms with E-state index in [4.69, 9.17) is 5.73 Å². The molecule has 0 aromatic heterocycles. The van der Waals surface area contributed by atoms with Gasteiger partial charge in [0.15, 0.2) is 11.5 Å². The van der Waals surface area contributed by atoms with Crippen LogP contribution in [0, 0.1) is 0 Å². The molecule has 0 amide bonds. The van der Waals surface area contributed by atoms with E-state index in [9.17, 15) is 10.2 Å². The van der Waals surface area contributed by atoms with Gasteiger partial charge in [-0.3, -0.25) is 0 Å². The minimum absolute atomic E-state index is 0.0800. The van der Waals surface area contributed by atoms with Crippen LogP contribution in [0.1, 0.15) is 5.56 Å². The highest BCUT2D eigenvalue weighted by molar-refractivity contribution is 9.10. The molecule has 1 aromatic rings. The zero-order valence-corrected chi connectivity index (χ0v) is 8.00. The molecule has 0 fully saturated rings. The quantitative estimate of drug-likeness (QED) is 0.674. The first-order valence-electron chi connectivity index (χ1n) is 3.55. The summed E-state index contributed by atoms with van der Waals surface area (Å²) in [5, 5.41) is 18.5. The van der Waals surface area contributed by atoms with Gasteiger partial charge >= 0.3 is 0 Å². The fourth-order valence-electron chi connectivity index (χ4n) is 0.986. The molecule has 0 heterocycles.